The molecule has 168 valence electrons. The molecule has 0 radical (unpaired) electrons. The first-order valence-electron chi connectivity index (χ1n) is 9.82. The number of rotatable bonds is 10. The van der Waals surface area contributed by atoms with Crippen LogP contribution >= 0.6 is 11.8 Å². The third kappa shape index (κ3) is 5.24. The first kappa shape index (κ1) is 23.2. The summed E-state index contributed by atoms with van der Waals surface area (Å²) < 4.78 is 6.87. The van der Waals surface area contributed by atoms with E-state index in [1.807, 2.05) is 6.92 Å². The second-order valence-electron chi connectivity index (χ2n) is 6.70. The number of nitro benzene ring substituents is 1. The zero-order valence-electron chi connectivity index (χ0n) is 17.6. The average Bonchev–Trinajstić information content (AvgIpc) is 3.23. The van der Waals surface area contributed by atoms with E-state index in [0.29, 0.717) is 40.2 Å². The number of aromatic nitrogens is 3. The van der Waals surface area contributed by atoms with Crippen molar-refractivity contribution in [3.63, 3.8) is 0 Å². The van der Waals surface area contributed by atoms with Gasteiger partial charge in [-0.25, -0.2) is 0 Å². The van der Waals surface area contributed by atoms with Crippen molar-refractivity contribution in [3.8, 4) is 5.75 Å². The van der Waals surface area contributed by atoms with Crippen LogP contribution in [0.25, 0.3) is 0 Å². The van der Waals surface area contributed by atoms with Crippen molar-refractivity contribution >= 4 is 23.4 Å². The van der Waals surface area contributed by atoms with E-state index < -0.39 is 11.0 Å². The molecule has 0 bridgehead atoms. The Kier molecular flexibility index (Phi) is 7.79. The summed E-state index contributed by atoms with van der Waals surface area (Å²) in [4.78, 5) is 23.4. The number of carbonyl (C=O) groups excluding carboxylic acids is 1. The molecular weight excluding hydrogens is 434 g/mol. The number of nitrogens with one attached hydrogen (secondary N) is 1. The normalized spacial score (nSPS) is 11.7. The van der Waals surface area contributed by atoms with Crippen LogP contribution in [0.2, 0.25) is 0 Å². The zero-order valence-corrected chi connectivity index (χ0v) is 18.4. The Labute approximate surface area is 188 Å². The van der Waals surface area contributed by atoms with Crippen LogP contribution in [0.5, 0.6) is 5.75 Å². The molecule has 1 amide bonds. The lowest BCUT2D eigenvalue weighted by Gasteiger charge is -2.17. The fourth-order valence-corrected chi connectivity index (χ4v) is 4.10. The Morgan fingerprint density at radius 3 is 2.59 bits per heavy atom. The number of methoxy groups -OCH3 is 1. The van der Waals surface area contributed by atoms with Crippen molar-refractivity contribution < 1.29 is 19.6 Å². The van der Waals surface area contributed by atoms with Crippen LogP contribution in [0.3, 0.4) is 0 Å². The standard InChI is InChI=1S/C21H23N5O5S/c1-3-25-19(17(12-27)22-20(28)14-8-10-16(31-2)11-9-14)23-24-21(25)32-13-15-6-4-5-7-18(15)26(29)30/h4-11,17,27H,3,12-13H2,1-2H3,(H,22,28)/t17-/m1/s1. The van der Waals surface area contributed by atoms with Crippen molar-refractivity contribution in [2.75, 3.05) is 13.7 Å². The molecule has 1 aromatic heterocycles. The molecule has 0 saturated carbocycles. The SMILES string of the molecule is CCn1c(SCc2ccccc2[N+](=O)[O-])nnc1[C@@H](CO)NC(=O)c1ccc(OC)cc1. The number of aliphatic hydroxyl groups excluding tert-OH is 1. The Morgan fingerprint density at radius 1 is 1.25 bits per heavy atom. The summed E-state index contributed by atoms with van der Waals surface area (Å²) in [5.74, 6) is 0.997. The number of nitrogens with zero attached hydrogens (tertiary/aromatic N) is 4. The third-order valence-corrected chi connectivity index (χ3v) is 5.77. The van der Waals surface area contributed by atoms with Crippen molar-refractivity contribution in [2.45, 2.75) is 30.4 Å². The summed E-state index contributed by atoms with van der Waals surface area (Å²) in [6.45, 7) is 2.02. The maximum atomic E-state index is 12.6. The lowest BCUT2D eigenvalue weighted by molar-refractivity contribution is -0.385. The van der Waals surface area contributed by atoms with E-state index in [4.69, 9.17) is 4.74 Å². The second kappa shape index (κ2) is 10.7. The van der Waals surface area contributed by atoms with Gasteiger partial charge in [0.1, 0.15) is 11.8 Å². The number of hydrogen-bond acceptors (Lipinski definition) is 8. The summed E-state index contributed by atoms with van der Waals surface area (Å²) in [5, 5.41) is 32.8. The van der Waals surface area contributed by atoms with Gasteiger partial charge in [0.15, 0.2) is 11.0 Å². The monoisotopic (exact) mass is 457 g/mol. The minimum atomic E-state index is -0.766. The molecule has 0 saturated heterocycles. The summed E-state index contributed by atoms with van der Waals surface area (Å²) >= 11 is 1.30. The van der Waals surface area contributed by atoms with Gasteiger partial charge < -0.3 is 19.7 Å². The molecule has 1 atom stereocenters. The summed E-state index contributed by atoms with van der Waals surface area (Å²) in [6.07, 6.45) is 0. The maximum Gasteiger partial charge on any atom is 0.273 e. The molecule has 3 aromatic rings. The number of hydrogen-bond donors (Lipinski definition) is 2. The molecule has 2 aromatic carbocycles. The molecule has 0 spiro atoms. The van der Waals surface area contributed by atoms with Crippen molar-refractivity contribution in [1.29, 1.82) is 0 Å². The Bertz CT molecular complexity index is 1090. The first-order chi connectivity index (χ1) is 15.5. The molecule has 2 N–H and O–H groups in total. The average molecular weight is 458 g/mol. The number of nitro groups is 1. The number of ether oxygens (including phenoxy) is 1. The molecular formula is C21H23N5O5S. The second-order valence-corrected chi connectivity index (χ2v) is 7.64. The first-order valence-corrected chi connectivity index (χ1v) is 10.8. The predicted molar refractivity (Wildman–Crippen MR) is 119 cm³/mol. The van der Waals surface area contributed by atoms with Crippen molar-refractivity contribution in [2.24, 2.45) is 0 Å². The Balaban J connectivity index is 1.76. The highest BCUT2D eigenvalue weighted by Gasteiger charge is 2.23. The zero-order chi connectivity index (χ0) is 23.1. The van der Waals surface area contributed by atoms with E-state index in [9.17, 15) is 20.0 Å². The third-order valence-electron chi connectivity index (χ3n) is 4.76. The van der Waals surface area contributed by atoms with E-state index in [1.54, 1.807) is 54.1 Å². The quantitative estimate of drug-likeness (QED) is 0.270. The lowest BCUT2D eigenvalue weighted by atomic mass is 10.2. The van der Waals surface area contributed by atoms with Crippen molar-refractivity contribution in [3.05, 3.63) is 75.6 Å². The van der Waals surface area contributed by atoms with E-state index in [-0.39, 0.29) is 18.2 Å². The van der Waals surface area contributed by atoms with Crippen LogP contribution in [0, 0.1) is 10.1 Å². The number of para-hydroxylation sites is 1. The number of amides is 1. The predicted octanol–water partition coefficient (Wildman–Crippen LogP) is 2.97. The molecule has 0 aliphatic heterocycles. The maximum absolute atomic E-state index is 12.6. The van der Waals surface area contributed by atoms with Gasteiger partial charge in [-0.05, 0) is 31.2 Å². The Morgan fingerprint density at radius 2 is 1.97 bits per heavy atom. The topological polar surface area (TPSA) is 132 Å². The van der Waals surface area contributed by atoms with E-state index in [1.165, 1.54) is 17.8 Å². The van der Waals surface area contributed by atoms with E-state index in [2.05, 4.69) is 15.5 Å². The van der Waals surface area contributed by atoms with Gasteiger partial charge in [0, 0.05) is 29.5 Å². The van der Waals surface area contributed by atoms with Gasteiger partial charge in [-0.15, -0.1) is 10.2 Å². The summed E-state index contributed by atoms with van der Waals surface area (Å²) in [7, 11) is 1.54. The molecule has 11 heteroatoms. The number of benzene rings is 2. The molecule has 0 aliphatic rings. The fraction of sp³-hybridized carbons (Fsp3) is 0.286. The van der Waals surface area contributed by atoms with Crippen LogP contribution in [0.4, 0.5) is 5.69 Å². The minimum absolute atomic E-state index is 0.0442. The van der Waals surface area contributed by atoms with Crippen LogP contribution in [0.1, 0.15) is 34.7 Å². The van der Waals surface area contributed by atoms with Gasteiger partial charge >= 0.3 is 0 Å². The summed E-state index contributed by atoms with van der Waals surface area (Å²) in [6, 6.07) is 12.4. The van der Waals surface area contributed by atoms with Crippen LogP contribution in [0.15, 0.2) is 53.7 Å². The summed E-state index contributed by atoms with van der Waals surface area (Å²) in [5.41, 5.74) is 1.03. The number of carbonyl (C=O) groups is 1. The van der Waals surface area contributed by atoms with Crippen LogP contribution in [-0.4, -0.2) is 44.4 Å². The largest absolute Gasteiger partial charge is 0.497 e. The molecule has 32 heavy (non-hydrogen) atoms. The highest BCUT2D eigenvalue weighted by atomic mass is 32.2. The smallest absolute Gasteiger partial charge is 0.273 e. The minimum Gasteiger partial charge on any atom is -0.497 e. The van der Waals surface area contributed by atoms with Gasteiger partial charge in [0.25, 0.3) is 11.6 Å². The Hall–Kier alpha value is -3.44. The fourth-order valence-electron chi connectivity index (χ4n) is 3.09. The van der Waals surface area contributed by atoms with Gasteiger partial charge in [-0.1, -0.05) is 30.0 Å². The van der Waals surface area contributed by atoms with E-state index >= 15 is 0 Å². The molecule has 3 rings (SSSR count). The van der Waals surface area contributed by atoms with Gasteiger partial charge in [-0.3, -0.25) is 14.9 Å². The van der Waals surface area contributed by atoms with E-state index in [0.717, 1.165) is 0 Å². The lowest BCUT2D eigenvalue weighted by Crippen LogP contribution is -2.32. The number of aliphatic hydroxyl groups is 1. The highest BCUT2D eigenvalue weighted by molar-refractivity contribution is 7.98. The molecule has 0 fully saturated rings. The molecule has 0 unspecified atom stereocenters. The highest BCUT2D eigenvalue weighted by Crippen LogP contribution is 2.28. The van der Waals surface area contributed by atoms with Crippen molar-refractivity contribution in [1.82, 2.24) is 20.1 Å². The molecule has 10 nitrogen and oxygen atoms in total. The molecule has 0 aliphatic carbocycles. The molecule has 1 heterocycles. The van der Waals surface area contributed by atoms with Gasteiger partial charge in [-0.2, -0.15) is 0 Å². The number of thioether (sulfide) groups is 1. The van der Waals surface area contributed by atoms with Gasteiger partial charge in [0.05, 0.1) is 18.6 Å². The van der Waals surface area contributed by atoms with Crippen LogP contribution in [-0.2, 0) is 12.3 Å². The van der Waals surface area contributed by atoms with Crippen LogP contribution < -0.4 is 10.1 Å². The van der Waals surface area contributed by atoms with Gasteiger partial charge in [0.2, 0.25) is 0 Å².